The summed E-state index contributed by atoms with van der Waals surface area (Å²) >= 11 is 0. The van der Waals surface area contributed by atoms with Gasteiger partial charge in [0.2, 0.25) is 0 Å². The van der Waals surface area contributed by atoms with Gasteiger partial charge in [-0.1, -0.05) is 37.1 Å². The van der Waals surface area contributed by atoms with Crippen molar-refractivity contribution in [2.24, 2.45) is 4.99 Å². The molecule has 0 bridgehead atoms. The normalized spacial score (nSPS) is 21.9. The summed E-state index contributed by atoms with van der Waals surface area (Å²) in [6.07, 6.45) is 6.83. The summed E-state index contributed by atoms with van der Waals surface area (Å²) < 4.78 is 0. The second-order valence-corrected chi connectivity index (χ2v) is 8.32. The lowest BCUT2D eigenvalue weighted by atomic mass is 10.1. The molecular weight excluding hydrogens is 334 g/mol. The van der Waals surface area contributed by atoms with Gasteiger partial charge in [0.15, 0.2) is 5.96 Å². The SMILES string of the molecule is CCNC(=NCc1cccc(CN(C)C)c1)NC1CCN(C2CCCC2)C1. The van der Waals surface area contributed by atoms with Gasteiger partial charge in [-0.05, 0) is 51.4 Å². The van der Waals surface area contributed by atoms with E-state index < -0.39 is 0 Å². The molecule has 5 heteroatoms. The van der Waals surface area contributed by atoms with Gasteiger partial charge in [0.1, 0.15) is 0 Å². The van der Waals surface area contributed by atoms with Crippen molar-refractivity contribution < 1.29 is 0 Å². The largest absolute Gasteiger partial charge is 0.357 e. The Bertz CT molecular complexity index is 606. The lowest BCUT2D eigenvalue weighted by Gasteiger charge is -2.24. The molecule has 1 aliphatic heterocycles. The van der Waals surface area contributed by atoms with E-state index in [9.17, 15) is 0 Å². The van der Waals surface area contributed by atoms with Gasteiger partial charge in [-0.15, -0.1) is 0 Å². The van der Waals surface area contributed by atoms with Crippen molar-refractivity contribution in [2.75, 3.05) is 33.7 Å². The highest BCUT2D eigenvalue weighted by Crippen LogP contribution is 2.26. The molecule has 0 radical (unpaired) electrons. The van der Waals surface area contributed by atoms with Crippen molar-refractivity contribution in [1.82, 2.24) is 20.4 Å². The van der Waals surface area contributed by atoms with Crippen molar-refractivity contribution in [3.05, 3.63) is 35.4 Å². The molecule has 1 unspecified atom stereocenters. The molecule has 2 aliphatic rings. The number of rotatable bonds is 7. The predicted octanol–water partition coefficient (Wildman–Crippen LogP) is 2.82. The second kappa shape index (κ2) is 10.1. The van der Waals surface area contributed by atoms with Crippen molar-refractivity contribution in [3.8, 4) is 0 Å². The molecule has 2 fully saturated rings. The first-order valence-corrected chi connectivity index (χ1v) is 10.7. The number of nitrogens with zero attached hydrogens (tertiary/aromatic N) is 3. The molecule has 1 aliphatic carbocycles. The van der Waals surface area contributed by atoms with Crippen LogP contribution in [0.2, 0.25) is 0 Å². The van der Waals surface area contributed by atoms with E-state index in [2.05, 4.69) is 65.7 Å². The summed E-state index contributed by atoms with van der Waals surface area (Å²) in [6, 6.07) is 10.1. The number of benzene rings is 1. The zero-order chi connectivity index (χ0) is 19.1. The van der Waals surface area contributed by atoms with Crippen molar-refractivity contribution >= 4 is 5.96 Å². The van der Waals surface area contributed by atoms with E-state index in [1.54, 1.807) is 0 Å². The maximum atomic E-state index is 4.85. The van der Waals surface area contributed by atoms with E-state index in [1.807, 2.05) is 0 Å². The molecule has 150 valence electrons. The van der Waals surface area contributed by atoms with Crippen LogP contribution in [0.3, 0.4) is 0 Å². The van der Waals surface area contributed by atoms with Gasteiger partial charge in [0.25, 0.3) is 0 Å². The summed E-state index contributed by atoms with van der Waals surface area (Å²) in [4.78, 5) is 9.74. The van der Waals surface area contributed by atoms with Gasteiger partial charge in [-0.25, -0.2) is 4.99 Å². The minimum Gasteiger partial charge on any atom is -0.357 e. The van der Waals surface area contributed by atoms with Crippen LogP contribution in [0, 0.1) is 0 Å². The van der Waals surface area contributed by atoms with Crippen molar-refractivity contribution in [2.45, 2.75) is 64.2 Å². The number of nitrogens with one attached hydrogen (secondary N) is 2. The third kappa shape index (κ3) is 6.22. The highest BCUT2D eigenvalue weighted by atomic mass is 15.3. The van der Waals surface area contributed by atoms with Crippen molar-refractivity contribution in [3.63, 3.8) is 0 Å². The molecule has 2 N–H and O–H groups in total. The van der Waals surface area contributed by atoms with Crippen molar-refractivity contribution in [1.29, 1.82) is 0 Å². The minimum absolute atomic E-state index is 0.517. The molecule has 1 aromatic carbocycles. The molecule has 3 rings (SSSR count). The van der Waals surface area contributed by atoms with E-state index in [-0.39, 0.29) is 0 Å². The summed E-state index contributed by atoms with van der Waals surface area (Å²) in [5.41, 5.74) is 2.61. The van der Waals surface area contributed by atoms with E-state index in [1.165, 1.54) is 49.8 Å². The standard InChI is InChI=1S/C22H37N5/c1-4-23-22(24-15-18-8-7-9-19(14-18)16-26(2)3)25-20-12-13-27(17-20)21-10-5-6-11-21/h7-9,14,20-21H,4-6,10-13,15-17H2,1-3H3,(H2,23,24,25). The van der Waals surface area contributed by atoms with Gasteiger partial charge in [0, 0.05) is 38.3 Å². The molecule has 5 nitrogen and oxygen atoms in total. The topological polar surface area (TPSA) is 42.9 Å². The van der Waals surface area contributed by atoms with Gasteiger partial charge in [-0.2, -0.15) is 0 Å². The first-order valence-electron chi connectivity index (χ1n) is 10.7. The molecule has 27 heavy (non-hydrogen) atoms. The van der Waals surface area contributed by atoms with E-state index in [4.69, 9.17) is 4.99 Å². The Kier molecular flexibility index (Phi) is 7.53. The maximum absolute atomic E-state index is 4.85. The monoisotopic (exact) mass is 371 g/mol. The lowest BCUT2D eigenvalue weighted by Crippen LogP contribution is -2.45. The van der Waals surface area contributed by atoms with Crippen LogP contribution in [0.5, 0.6) is 0 Å². The van der Waals surface area contributed by atoms with E-state index in [0.29, 0.717) is 6.04 Å². The Morgan fingerprint density at radius 2 is 1.96 bits per heavy atom. The van der Waals surface area contributed by atoms with Gasteiger partial charge >= 0.3 is 0 Å². The first-order chi connectivity index (χ1) is 13.1. The number of hydrogen-bond acceptors (Lipinski definition) is 3. The Balaban J connectivity index is 1.55. The Morgan fingerprint density at radius 1 is 1.19 bits per heavy atom. The number of hydrogen-bond donors (Lipinski definition) is 2. The first kappa shape index (κ1) is 20.2. The smallest absolute Gasteiger partial charge is 0.191 e. The van der Waals surface area contributed by atoms with Crippen LogP contribution < -0.4 is 10.6 Å². The van der Waals surface area contributed by atoms with Gasteiger partial charge in [0.05, 0.1) is 6.54 Å². The fraction of sp³-hybridized carbons (Fsp3) is 0.682. The Labute approximate surface area is 165 Å². The predicted molar refractivity (Wildman–Crippen MR) is 114 cm³/mol. The molecule has 0 aromatic heterocycles. The van der Waals surface area contributed by atoms with Crippen LogP contribution in [-0.2, 0) is 13.1 Å². The van der Waals surface area contributed by atoms with Crippen LogP contribution in [0.25, 0.3) is 0 Å². The van der Waals surface area contributed by atoms with Gasteiger partial charge in [-0.3, -0.25) is 4.90 Å². The Morgan fingerprint density at radius 3 is 2.70 bits per heavy atom. The lowest BCUT2D eigenvalue weighted by molar-refractivity contribution is 0.242. The fourth-order valence-corrected chi connectivity index (χ4v) is 4.38. The summed E-state index contributed by atoms with van der Waals surface area (Å²) in [7, 11) is 4.21. The molecule has 1 aromatic rings. The van der Waals surface area contributed by atoms with E-state index in [0.717, 1.165) is 38.2 Å². The van der Waals surface area contributed by atoms with Crippen LogP contribution in [-0.4, -0.2) is 61.6 Å². The summed E-state index contributed by atoms with van der Waals surface area (Å²) in [5.74, 6) is 0.953. The minimum atomic E-state index is 0.517. The molecule has 1 saturated carbocycles. The molecule has 0 spiro atoms. The average molecular weight is 372 g/mol. The highest BCUT2D eigenvalue weighted by Gasteiger charge is 2.30. The number of guanidine groups is 1. The quantitative estimate of drug-likeness (QED) is 0.571. The van der Waals surface area contributed by atoms with Crippen LogP contribution in [0.1, 0.15) is 50.2 Å². The van der Waals surface area contributed by atoms with Crippen LogP contribution in [0.15, 0.2) is 29.3 Å². The average Bonchev–Trinajstić information content (AvgIpc) is 3.31. The summed E-state index contributed by atoms with van der Waals surface area (Å²) in [5, 5.41) is 7.10. The molecular formula is C22H37N5. The molecule has 0 amide bonds. The van der Waals surface area contributed by atoms with Crippen LogP contribution in [0.4, 0.5) is 0 Å². The number of likely N-dealkylation sites (tertiary alicyclic amines) is 1. The molecule has 1 saturated heterocycles. The zero-order valence-electron chi connectivity index (χ0n) is 17.4. The highest BCUT2D eigenvalue weighted by molar-refractivity contribution is 5.80. The maximum Gasteiger partial charge on any atom is 0.191 e. The number of aliphatic imine (C=N–C) groups is 1. The summed E-state index contributed by atoms with van der Waals surface area (Å²) in [6.45, 7) is 7.10. The Hall–Kier alpha value is -1.59. The second-order valence-electron chi connectivity index (χ2n) is 8.32. The zero-order valence-corrected chi connectivity index (χ0v) is 17.4. The van der Waals surface area contributed by atoms with Gasteiger partial charge < -0.3 is 15.5 Å². The molecule has 1 heterocycles. The third-order valence-electron chi connectivity index (χ3n) is 5.66. The van der Waals surface area contributed by atoms with Crippen LogP contribution >= 0.6 is 0 Å². The third-order valence-corrected chi connectivity index (χ3v) is 5.66. The molecule has 1 atom stereocenters. The van der Waals surface area contributed by atoms with E-state index >= 15 is 0 Å². The fourth-order valence-electron chi connectivity index (χ4n) is 4.38.